The summed E-state index contributed by atoms with van der Waals surface area (Å²) in [4.78, 5) is 23.3. The number of amides is 1. The molecule has 0 aliphatic heterocycles. The first kappa shape index (κ1) is 20.0. The topological polar surface area (TPSA) is 117 Å². The fraction of sp³-hybridized carbons (Fsp3) is 0.235. The molecule has 3 heterocycles. The highest BCUT2D eigenvalue weighted by Gasteiger charge is 2.30. The molecule has 7 nitrogen and oxygen atoms in total. The Morgan fingerprint density at radius 3 is 2.68 bits per heavy atom. The van der Waals surface area contributed by atoms with Crippen molar-refractivity contribution in [1.29, 1.82) is 0 Å². The molecule has 1 atom stereocenters. The van der Waals surface area contributed by atoms with E-state index in [1.807, 2.05) is 0 Å². The Morgan fingerprint density at radius 1 is 1.32 bits per heavy atom. The van der Waals surface area contributed by atoms with Crippen LogP contribution in [0.5, 0.6) is 0 Å². The fourth-order valence-electron chi connectivity index (χ4n) is 2.45. The second-order valence-electron chi connectivity index (χ2n) is 5.80. The van der Waals surface area contributed by atoms with E-state index in [4.69, 9.17) is 10.8 Å². The lowest BCUT2D eigenvalue weighted by atomic mass is 10.2. The van der Waals surface area contributed by atoms with Gasteiger partial charge in [0.25, 0.3) is 5.91 Å². The van der Waals surface area contributed by atoms with Gasteiger partial charge in [-0.2, -0.15) is 13.2 Å². The second kappa shape index (κ2) is 8.09. The Kier molecular flexibility index (Phi) is 5.77. The molecule has 0 saturated carbocycles. The molecule has 0 radical (unpaired) electrons. The molecule has 0 fully saturated rings. The summed E-state index contributed by atoms with van der Waals surface area (Å²) in [5, 5.41) is 14.0. The SMILES string of the molecule is NC[C@@H](NC(=O)c1ccc(-c2ccc(C(F)(F)F)cn2)[nH]1)c1csc(CO)n1. The molecule has 0 aromatic carbocycles. The van der Waals surface area contributed by atoms with Crippen LogP contribution in [0.1, 0.15) is 32.8 Å². The number of aliphatic hydroxyl groups is 1. The Bertz CT molecular complexity index is 952. The zero-order valence-corrected chi connectivity index (χ0v) is 15.1. The maximum atomic E-state index is 12.6. The van der Waals surface area contributed by atoms with Crippen LogP contribution < -0.4 is 11.1 Å². The first-order chi connectivity index (χ1) is 13.3. The smallest absolute Gasteiger partial charge is 0.389 e. The average molecular weight is 411 g/mol. The zero-order valence-electron chi connectivity index (χ0n) is 14.3. The van der Waals surface area contributed by atoms with E-state index in [0.29, 0.717) is 16.4 Å². The molecule has 11 heteroatoms. The minimum absolute atomic E-state index is 0.106. The van der Waals surface area contributed by atoms with Gasteiger partial charge in [0.05, 0.1) is 35.3 Å². The first-order valence-corrected chi connectivity index (χ1v) is 8.98. The third-order valence-corrected chi connectivity index (χ3v) is 4.75. The number of nitrogens with one attached hydrogen (secondary N) is 2. The number of alkyl halides is 3. The van der Waals surface area contributed by atoms with E-state index in [1.54, 1.807) is 11.4 Å². The number of pyridine rings is 1. The lowest BCUT2D eigenvalue weighted by Crippen LogP contribution is -2.33. The molecule has 3 aromatic heterocycles. The van der Waals surface area contributed by atoms with Crippen LogP contribution in [0.4, 0.5) is 13.2 Å². The molecule has 3 rings (SSSR count). The zero-order chi connectivity index (χ0) is 20.3. The number of carbonyl (C=O) groups is 1. The number of thiazole rings is 1. The summed E-state index contributed by atoms with van der Waals surface area (Å²) in [6.07, 6.45) is -3.73. The van der Waals surface area contributed by atoms with Crippen molar-refractivity contribution in [2.75, 3.05) is 6.54 Å². The summed E-state index contributed by atoms with van der Waals surface area (Å²) in [6, 6.07) is 4.66. The van der Waals surface area contributed by atoms with Gasteiger partial charge >= 0.3 is 6.18 Å². The van der Waals surface area contributed by atoms with Gasteiger partial charge in [0, 0.05) is 18.1 Å². The quantitative estimate of drug-likeness (QED) is 0.497. The highest BCUT2D eigenvalue weighted by Crippen LogP contribution is 2.29. The van der Waals surface area contributed by atoms with Gasteiger partial charge in [-0.15, -0.1) is 11.3 Å². The molecule has 148 valence electrons. The molecule has 0 spiro atoms. The van der Waals surface area contributed by atoms with E-state index >= 15 is 0 Å². The number of aliphatic hydroxyl groups excluding tert-OH is 1. The number of aromatic nitrogens is 3. The summed E-state index contributed by atoms with van der Waals surface area (Å²) >= 11 is 1.26. The number of nitrogens with two attached hydrogens (primary N) is 1. The summed E-state index contributed by atoms with van der Waals surface area (Å²) < 4.78 is 37.9. The van der Waals surface area contributed by atoms with Crippen molar-refractivity contribution < 1.29 is 23.1 Å². The normalized spacial score (nSPS) is 12.8. The molecule has 0 saturated heterocycles. The number of halogens is 3. The summed E-state index contributed by atoms with van der Waals surface area (Å²) in [5.74, 6) is -0.452. The molecule has 0 aliphatic rings. The van der Waals surface area contributed by atoms with Gasteiger partial charge in [0.2, 0.25) is 0 Å². The van der Waals surface area contributed by atoms with Crippen LogP contribution in [0.25, 0.3) is 11.4 Å². The maximum absolute atomic E-state index is 12.6. The van der Waals surface area contributed by atoms with Crippen molar-refractivity contribution >= 4 is 17.2 Å². The predicted octanol–water partition coefficient (Wildman–Crippen LogP) is 2.47. The summed E-state index contributed by atoms with van der Waals surface area (Å²) in [5.41, 5.74) is 6.27. The Morgan fingerprint density at radius 2 is 2.11 bits per heavy atom. The number of carbonyl (C=O) groups excluding carboxylic acids is 1. The van der Waals surface area contributed by atoms with Crippen molar-refractivity contribution in [3.63, 3.8) is 0 Å². The van der Waals surface area contributed by atoms with E-state index in [1.165, 1.54) is 23.5 Å². The van der Waals surface area contributed by atoms with Gasteiger partial charge in [0.1, 0.15) is 10.7 Å². The van der Waals surface area contributed by atoms with E-state index in [9.17, 15) is 18.0 Å². The van der Waals surface area contributed by atoms with E-state index < -0.39 is 23.7 Å². The predicted molar refractivity (Wildman–Crippen MR) is 96.3 cm³/mol. The van der Waals surface area contributed by atoms with E-state index in [2.05, 4.69) is 20.3 Å². The lowest BCUT2D eigenvalue weighted by Gasteiger charge is -2.14. The monoisotopic (exact) mass is 411 g/mol. The van der Waals surface area contributed by atoms with Crippen molar-refractivity contribution in [3.05, 3.63) is 57.8 Å². The van der Waals surface area contributed by atoms with E-state index in [-0.39, 0.29) is 24.5 Å². The van der Waals surface area contributed by atoms with Crippen molar-refractivity contribution in [3.8, 4) is 11.4 Å². The Hall–Kier alpha value is -2.76. The molecule has 0 aliphatic carbocycles. The molecular weight excluding hydrogens is 395 g/mol. The van der Waals surface area contributed by atoms with Crippen LogP contribution in [0.3, 0.4) is 0 Å². The second-order valence-corrected chi connectivity index (χ2v) is 6.74. The number of nitrogens with zero attached hydrogens (tertiary/aromatic N) is 2. The largest absolute Gasteiger partial charge is 0.417 e. The third-order valence-electron chi connectivity index (χ3n) is 3.90. The highest BCUT2D eigenvalue weighted by molar-refractivity contribution is 7.09. The number of aromatic amines is 1. The van der Waals surface area contributed by atoms with Crippen LogP contribution >= 0.6 is 11.3 Å². The minimum Gasteiger partial charge on any atom is -0.389 e. The van der Waals surface area contributed by atoms with Gasteiger partial charge in [-0.05, 0) is 24.3 Å². The molecule has 3 aromatic rings. The van der Waals surface area contributed by atoms with Crippen LogP contribution in [0.15, 0.2) is 35.8 Å². The van der Waals surface area contributed by atoms with Crippen molar-refractivity contribution in [1.82, 2.24) is 20.3 Å². The van der Waals surface area contributed by atoms with Crippen molar-refractivity contribution in [2.45, 2.75) is 18.8 Å². The fourth-order valence-corrected chi connectivity index (χ4v) is 3.15. The van der Waals surface area contributed by atoms with Gasteiger partial charge in [-0.1, -0.05) is 0 Å². The van der Waals surface area contributed by atoms with Gasteiger partial charge < -0.3 is 21.1 Å². The van der Waals surface area contributed by atoms with Crippen LogP contribution in [0, 0.1) is 0 Å². The minimum atomic E-state index is -4.46. The Balaban J connectivity index is 1.72. The maximum Gasteiger partial charge on any atom is 0.417 e. The van der Waals surface area contributed by atoms with Gasteiger partial charge in [-0.25, -0.2) is 4.98 Å². The van der Waals surface area contributed by atoms with E-state index in [0.717, 1.165) is 12.3 Å². The lowest BCUT2D eigenvalue weighted by molar-refractivity contribution is -0.137. The molecule has 0 bridgehead atoms. The van der Waals surface area contributed by atoms with Gasteiger partial charge in [0.15, 0.2) is 0 Å². The molecule has 1 amide bonds. The average Bonchev–Trinajstić information content (AvgIpc) is 3.35. The van der Waals surface area contributed by atoms with Crippen molar-refractivity contribution in [2.24, 2.45) is 5.73 Å². The number of H-pyrrole nitrogens is 1. The molecule has 5 N–H and O–H groups in total. The molecular formula is C17H16F3N5O2S. The standard InChI is InChI=1S/C17H16F3N5O2S/c18-17(19,20)9-1-2-10(22-6-9)11-3-4-12(23-11)16(27)25-13(5-21)14-8-28-15(7-26)24-14/h1-4,6,8,13,23,26H,5,7,21H2,(H,25,27)/t13-/m1/s1. The highest BCUT2D eigenvalue weighted by atomic mass is 32.1. The first-order valence-electron chi connectivity index (χ1n) is 8.10. The summed E-state index contributed by atoms with van der Waals surface area (Å²) in [6.45, 7) is -0.0929. The third kappa shape index (κ3) is 4.38. The van der Waals surface area contributed by atoms with Gasteiger partial charge in [-0.3, -0.25) is 9.78 Å². The molecule has 28 heavy (non-hydrogen) atoms. The number of rotatable bonds is 6. The van der Waals surface area contributed by atoms with Crippen LogP contribution in [-0.4, -0.2) is 32.5 Å². The van der Waals surface area contributed by atoms with Crippen LogP contribution in [-0.2, 0) is 12.8 Å². The summed E-state index contributed by atoms with van der Waals surface area (Å²) in [7, 11) is 0. The number of hydrogen-bond donors (Lipinski definition) is 4. The number of hydrogen-bond acceptors (Lipinski definition) is 6. The van der Waals surface area contributed by atoms with Crippen LogP contribution in [0.2, 0.25) is 0 Å². The Labute approximate surface area is 161 Å². The molecule has 0 unspecified atom stereocenters.